The smallest absolute Gasteiger partial charge is 0.226 e. The number of β-lactam (4-membered cyclic amide) rings is 1. The third-order valence-electron chi connectivity index (χ3n) is 0.977. The van der Waals surface area contributed by atoms with E-state index in [0.717, 1.165) is 0 Å². The van der Waals surface area contributed by atoms with Gasteiger partial charge >= 0.3 is 0 Å². The number of hydrogen-bond donors (Lipinski definition) is 1. The third-order valence-corrected chi connectivity index (χ3v) is 0.977. The summed E-state index contributed by atoms with van der Waals surface area (Å²) in [4.78, 5) is 10.1. The fourth-order valence-electron chi connectivity index (χ4n) is 0.469. The van der Waals surface area contributed by atoms with E-state index in [1.165, 1.54) is 0 Å². The molecular weight excluding hydrogens is 94.0 g/mol. The van der Waals surface area contributed by atoms with Gasteiger partial charge in [-0.05, 0) is 0 Å². The number of amides is 1. The van der Waals surface area contributed by atoms with Crippen molar-refractivity contribution in [1.82, 2.24) is 5.32 Å². The van der Waals surface area contributed by atoms with Crippen LogP contribution >= 0.6 is 0 Å². The Hall–Kier alpha value is -0.570. The maximum Gasteiger partial charge on any atom is 0.226 e. The minimum absolute atomic E-state index is 0.00694. The Labute approximate surface area is 41.7 Å². The first-order valence-electron chi connectivity index (χ1n) is 2.15. The summed E-state index contributed by atoms with van der Waals surface area (Å²) in [5.41, 5.74) is 0. The number of carbonyl (C=O) groups is 1. The Morgan fingerprint density at radius 2 is 2.57 bits per heavy atom. The van der Waals surface area contributed by atoms with Gasteiger partial charge < -0.3 is 10.1 Å². The van der Waals surface area contributed by atoms with Crippen LogP contribution < -0.4 is 5.32 Å². The van der Waals surface area contributed by atoms with Crippen LogP contribution in [-0.4, -0.2) is 19.2 Å². The molecule has 1 fully saturated rings. The van der Waals surface area contributed by atoms with Gasteiger partial charge in [0.15, 0.2) is 0 Å². The topological polar surface area (TPSA) is 38.3 Å². The van der Waals surface area contributed by atoms with Gasteiger partial charge in [-0.2, -0.15) is 0 Å². The average Bonchev–Trinajstić information content (AvgIpc) is 1.58. The Balaban J connectivity index is 2.17. The van der Waals surface area contributed by atoms with E-state index in [4.69, 9.17) is 4.74 Å². The van der Waals surface area contributed by atoms with Gasteiger partial charge in [-0.1, -0.05) is 0 Å². The van der Waals surface area contributed by atoms with Crippen molar-refractivity contribution >= 4 is 5.91 Å². The second kappa shape index (κ2) is 1.50. The first-order chi connectivity index (χ1) is 3.33. The van der Waals surface area contributed by atoms with Crippen LogP contribution in [0, 0.1) is 0 Å². The highest BCUT2D eigenvalue weighted by atomic mass is 16.5. The molecule has 3 nitrogen and oxygen atoms in total. The van der Waals surface area contributed by atoms with Crippen LogP contribution in [0.1, 0.15) is 6.42 Å². The van der Waals surface area contributed by atoms with E-state index in [1.54, 1.807) is 7.11 Å². The van der Waals surface area contributed by atoms with Crippen LogP contribution in [0.5, 0.6) is 0 Å². The van der Waals surface area contributed by atoms with Gasteiger partial charge in [0.05, 0.1) is 6.42 Å². The molecule has 0 bridgehead atoms. The summed E-state index contributed by atoms with van der Waals surface area (Å²) >= 11 is 0. The third kappa shape index (κ3) is 0.718. The van der Waals surface area contributed by atoms with Gasteiger partial charge in [-0.25, -0.2) is 0 Å². The number of methoxy groups -OCH3 is 1. The van der Waals surface area contributed by atoms with Crippen LogP contribution in [0.15, 0.2) is 0 Å². The van der Waals surface area contributed by atoms with E-state index >= 15 is 0 Å². The van der Waals surface area contributed by atoms with Crippen molar-refractivity contribution in [1.29, 1.82) is 0 Å². The number of carbonyl (C=O) groups excluding carboxylic acids is 1. The lowest BCUT2D eigenvalue weighted by molar-refractivity contribution is -0.138. The first-order valence-corrected chi connectivity index (χ1v) is 2.15. The van der Waals surface area contributed by atoms with Gasteiger partial charge in [-0.15, -0.1) is 0 Å². The molecule has 3 heteroatoms. The second-order valence-electron chi connectivity index (χ2n) is 1.50. The fourth-order valence-corrected chi connectivity index (χ4v) is 0.469. The lowest BCUT2D eigenvalue weighted by atomic mass is 10.2. The molecular formula is C4H7NO2. The zero-order valence-corrected chi connectivity index (χ0v) is 4.10. The molecule has 40 valence electrons. The maximum atomic E-state index is 10.1. The number of hydrogen-bond acceptors (Lipinski definition) is 2. The highest BCUT2D eigenvalue weighted by molar-refractivity contribution is 5.82. The lowest BCUT2D eigenvalue weighted by Gasteiger charge is -2.24. The molecule has 1 aliphatic rings. The largest absolute Gasteiger partial charge is 0.361 e. The summed E-state index contributed by atoms with van der Waals surface area (Å²) in [7, 11) is 1.57. The summed E-state index contributed by atoms with van der Waals surface area (Å²) < 4.78 is 4.72. The number of rotatable bonds is 1. The summed E-state index contributed by atoms with van der Waals surface area (Å²) in [6.45, 7) is 0. The molecule has 0 radical (unpaired) electrons. The minimum atomic E-state index is -0.00694. The van der Waals surface area contributed by atoms with Gasteiger partial charge in [0, 0.05) is 7.11 Å². The van der Waals surface area contributed by atoms with Gasteiger partial charge in [-0.3, -0.25) is 4.79 Å². The zero-order chi connectivity index (χ0) is 5.28. The molecule has 1 atom stereocenters. The lowest BCUT2D eigenvalue weighted by Crippen LogP contribution is -2.49. The monoisotopic (exact) mass is 101 g/mol. The molecule has 0 saturated carbocycles. The molecule has 0 aliphatic carbocycles. The summed E-state index contributed by atoms with van der Waals surface area (Å²) in [6, 6.07) is 0. The van der Waals surface area contributed by atoms with E-state index in [1.807, 2.05) is 0 Å². The van der Waals surface area contributed by atoms with Crippen molar-refractivity contribution in [3.05, 3.63) is 0 Å². The van der Waals surface area contributed by atoms with E-state index in [0.29, 0.717) is 6.42 Å². The molecule has 0 spiro atoms. The highest BCUT2D eigenvalue weighted by Gasteiger charge is 2.23. The maximum absolute atomic E-state index is 10.1. The van der Waals surface area contributed by atoms with Crippen LogP contribution in [0.4, 0.5) is 0 Å². The van der Waals surface area contributed by atoms with E-state index in [2.05, 4.69) is 5.32 Å². The molecule has 1 unspecified atom stereocenters. The summed E-state index contributed by atoms with van der Waals surface area (Å²) in [5.74, 6) is 0.0758. The molecule has 0 aromatic rings. The van der Waals surface area contributed by atoms with Gasteiger partial charge in [0.1, 0.15) is 6.23 Å². The van der Waals surface area contributed by atoms with Crippen molar-refractivity contribution in [2.24, 2.45) is 0 Å². The van der Waals surface area contributed by atoms with Crippen molar-refractivity contribution in [3.8, 4) is 0 Å². The Kier molecular flexibility index (Phi) is 0.982. The summed E-state index contributed by atoms with van der Waals surface area (Å²) in [6.07, 6.45) is 0.517. The fraction of sp³-hybridized carbons (Fsp3) is 0.750. The van der Waals surface area contributed by atoms with Gasteiger partial charge in [0.25, 0.3) is 0 Å². The molecule has 1 saturated heterocycles. The Bertz CT molecular complexity index is 83.7. The Morgan fingerprint density at radius 3 is 2.71 bits per heavy atom. The standard InChI is InChI=1S/C4H7NO2/c1-7-4-2-3(6)5-4/h4H,2H2,1H3,(H,5,6). The summed E-state index contributed by atoms with van der Waals surface area (Å²) in [5, 5.41) is 2.53. The van der Waals surface area contributed by atoms with Crippen molar-refractivity contribution in [2.75, 3.05) is 7.11 Å². The number of ether oxygens (including phenoxy) is 1. The molecule has 1 heterocycles. The quantitative estimate of drug-likeness (QED) is 0.451. The second-order valence-corrected chi connectivity index (χ2v) is 1.50. The van der Waals surface area contributed by atoms with Crippen LogP contribution in [-0.2, 0) is 9.53 Å². The molecule has 1 N–H and O–H groups in total. The predicted molar refractivity (Wildman–Crippen MR) is 23.6 cm³/mol. The molecule has 1 rings (SSSR count). The molecule has 1 aliphatic heterocycles. The first kappa shape index (κ1) is 4.59. The minimum Gasteiger partial charge on any atom is -0.361 e. The van der Waals surface area contributed by atoms with Gasteiger partial charge in [0.2, 0.25) is 5.91 Å². The predicted octanol–water partition coefficient (Wildman–Crippen LogP) is -0.521. The number of nitrogens with one attached hydrogen (secondary N) is 1. The van der Waals surface area contributed by atoms with Crippen molar-refractivity contribution < 1.29 is 9.53 Å². The molecule has 1 amide bonds. The van der Waals surface area contributed by atoms with Crippen molar-refractivity contribution in [2.45, 2.75) is 12.6 Å². The zero-order valence-electron chi connectivity index (χ0n) is 4.10. The average molecular weight is 101 g/mol. The normalized spacial score (nSPS) is 28.7. The molecule has 0 aromatic carbocycles. The highest BCUT2D eigenvalue weighted by Crippen LogP contribution is 2.02. The SMILES string of the molecule is COC1CC(=O)N1. The van der Waals surface area contributed by atoms with E-state index in [9.17, 15) is 4.79 Å². The Morgan fingerprint density at radius 1 is 2.00 bits per heavy atom. The van der Waals surface area contributed by atoms with Crippen molar-refractivity contribution in [3.63, 3.8) is 0 Å². The van der Waals surface area contributed by atoms with Crippen LogP contribution in [0.3, 0.4) is 0 Å². The van der Waals surface area contributed by atoms with E-state index < -0.39 is 0 Å². The van der Waals surface area contributed by atoms with Crippen LogP contribution in [0.2, 0.25) is 0 Å². The van der Waals surface area contributed by atoms with Crippen LogP contribution in [0.25, 0.3) is 0 Å². The molecule has 7 heavy (non-hydrogen) atoms. The molecule has 0 aromatic heterocycles. The van der Waals surface area contributed by atoms with E-state index in [-0.39, 0.29) is 12.1 Å².